The smallest absolute Gasteiger partial charge is 0.0308 e. The van der Waals surface area contributed by atoms with Crippen LogP contribution >= 0.6 is 0 Å². The molecule has 0 fully saturated rings. The van der Waals surface area contributed by atoms with Crippen LogP contribution in [0.2, 0.25) is 0 Å². The first-order valence-electron chi connectivity index (χ1n) is 12.1. The molecule has 3 aliphatic carbocycles. The van der Waals surface area contributed by atoms with Crippen LogP contribution in [0.1, 0.15) is 48.8 Å². The quantitative estimate of drug-likeness (QED) is 0.395. The van der Waals surface area contributed by atoms with Gasteiger partial charge in [-0.05, 0) is 72.4 Å². The molecule has 0 N–H and O–H groups in total. The lowest BCUT2D eigenvalue weighted by atomic mass is 9.81. The SMILES string of the molecule is C=C(C)C1=CC=C(CC2=CC=C(C3=CC=CC3)C2c2ccc(CCc3ccccc3)cc2)C1. The van der Waals surface area contributed by atoms with E-state index in [4.69, 9.17) is 0 Å². The van der Waals surface area contributed by atoms with E-state index in [0.29, 0.717) is 5.92 Å². The van der Waals surface area contributed by atoms with Crippen molar-refractivity contribution in [3.05, 3.63) is 154 Å². The molecule has 1 unspecified atom stereocenters. The van der Waals surface area contributed by atoms with Gasteiger partial charge in [0.2, 0.25) is 0 Å². The van der Waals surface area contributed by atoms with Gasteiger partial charge in [0, 0.05) is 5.92 Å². The Kier molecular flexibility index (Phi) is 6.26. The first-order valence-corrected chi connectivity index (χ1v) is 12.1. The molecule has 0 saturated carbocycles. The summed E-state index contributed by atoms with van der Waals surface area (Å²) < 4.78 is 0. The van der Waals surface area contributed by atoms with Crippen LogP contribution in [-0.4, -0.2) is 0 Å². The van der Waals surface area contributed by atoms with Crippen molar-refractivity contribution in [2.75, 3.05) is 0 Å². The number of hydrogen-bond acceptors (Lipinski definition) is 0. The summed E-state index contributed by atoms with van der Waals surface area (Å²) in [6.07, 6.45) is 21.3. The highest BCUT2D eigenvalue weighted by Crippen LogP contribution is 2.45. The normalized spacial score (nSPS) is 19.2. The highest BCUT2D eigenvalue weighted by molar-refractivity contribution is 5.58. The maximum Gasteiger partial charge on any atom is 0.0308 e. The number of benzene rings is 2. The predicted octanol–water partition coefficient (Wildman–Crippen LogP) is 8.53. The fourth-order valence-corrected chi connectivity index (χ4v) is 5.17. The van der Waals surface area contributed by atoms with Crippen LogP contribution in [0.25, 0.3) is 0 Å². The maximum atomic E-state index is 4.13. The molecule has 0 aliphatic heterocycles. The van der Waals surface area contributed by atoms with Gasteiger partial charge in [0.15, 0.2) is 0 Å². The van der Waals surface area contributed by atoms with E-state index < -0.39 is 0 Å². The monoisotopic (exact) mass is 428 g/mol. The zero-order chi connectivity index (χ0) is 22.6. The Labute approximate surface area is 198 Å². The fraction of sp³-hybridized carbons (Fsp3) is 0.212. The van der Waals surface area contributed by atoms with E-state index >= 15 is 0 Å². The third kappa shape index (κ3) is 4.86. The molecule has 0 aromatic heterocycles. The summed E-state index contributed by atoms with van der Waals surface area (Å²) in [4.78, 5) is 0. The van der Waals surface area contributed by atoms with Gasteiger partial charge >= 0.3 is 0 Å². The average molecular weight is 429 g/mol. The largest absolute Gasteiger partial charge is 0.0958 e. The third-order valence-corrected chi connectivity index (χ3v) is 7.08. The van der Waals surface area contributed by atoms with Crippen molar-refractivity contribution >= 4 is 0 Å². The molecule has 2 aromatic rings. The molecule has 0 heterocycles. The number of aryl methyl sites for hydroxylation is 2. The van der Waals surface area contributed by atoms with Gasteiger partial charge in [-0.1, -0.05) is 120 Å². The Balaban J connectivity index is 1.32. The van der Waals surface area contributed by atoms with E-state index in [1.54, 1.807) is 0 Å². The lowest BCUT2D eigenvalue weighted by Crippen LogP contribution is -2.06. The van der Waals surface area contributed by atoms with Gasteiger partial charge in [-0.2, -0.15) is 0 Å². The molecule has 0 nitrogen and oxygen atoms in total. The van der Waals surface area contributed by atoms with Gasteiger partial charge in [-0.3, -0.25) is 0 Å². The van der Waals surface area contributed by atoms with Crippen molar-refractivity contribution in [1.82, 2.24) is 0 Å². The van der Waals surface area contributed by atoms with E-state index in [1.807, 2.05) is 0 Å². The van der Waals surface area contributed by atoms with Crippen LogP contribution in [0.4, 0.5) is 0 Å². The Morgan fingerprint density at radius 2 is 1.61 bits per heavy atom. The zero-order valence-electron chi connectivity index (χ0n) is 19.6. The van der Waals surface area contributed by atoms with E-state index in [-0.39, 0.29) is 0 Å². The summed E-state index contributed by atoms with van der Waals surface area (Å²) >= 11 is 0. The van der Waals surface area contributed by atoms with E-state index in [9.17, 15) is 0 Å². The first-order chi connectivity index (χ1) is 16.2. The molecule has 164 valence electrons. The van der Waals surface area contributed by atoms with Crippen molar-refractivity contribution in [3.8, 4) is 0 Å². The van der Waals surface area contributed by atoms with Gasteiger partial charge < -0.3 is 0 Å². The highest BCUT2D eigenvalue weighted by atomic mass is 14.3. The van der Waals surface area contributed by atoms with E-state index in [2.05, 4.69) is 111 Å². The summed E-state index contributed by atoms with van der Waals surface area (Å²) in [5, 5.41) is 0. The van der Waals surface area contributed by atoms with Gasteiger partial charge in [-0.25, -0.2) is 0 Å². The Hall–Kier alpha value is -3.38. The third-order valence-electron chi connectivity index (χ3n) is 7.08. The number of rotatable bonds is 8. The van der Waals surface area contributed by atoms with Crippen LogP contribution < -0.4 is 0 Å². The van der Waals surface area contributed by atoms with Gasteiger partial charge in [-0.15, -0.1) is 0 Å². The molecule has 2 aromatic carbocycles. The summed E-state index contributed by atoms with van der Waals surface area (Å²) in [6, 6.07) is 20.2. The predicted molar refractivity (Wildman–Crippen MR) is 141 cm³/mol. The lowest BCUT2D eigenvalue weighted by molar-refractivity contribution is 0.876. The molecule has 0 heteroatoms. The summed E-state index contributed by atoms with van der Waals surface area (Å²) in [6.45, 7) is 6.24. The highest BCUT2D eigenvalue weighted by Gasteiger charge is 2.28. The van der Waals surface area contributed by atoms with Gasteiger partial charge in [0.1, 0.15) is 0 Å². The van der Waals surface area contributed by atoms with Gasteiger partial charge in [0.05, 0.1) is 0 Å². The summed E-state index contributed by atoms with van der Waals surface area (Å²) in [7, 11) is 0. The van der Waals surface area contributed by atoms with Crippen molar-refractivity contribution in [3.63, 3.8) is 0 Å². The second-order valence-electron chi connectivity index (χ2n) is 9.50. The van der Waals surface area contributed by atoms with Gasteiger partial charge in [0.25, 0.3) is 0 Å². The fourth-order valence-electron chi connectivity index (χ4n) is 5.17. The topological polar surface area (TPSA) is 0 Å². The Morgan fingerprint density at radius 1 is 0.848 bits per heavy atom. The Morgan fingerprint density at radius 3 is 2.27 bits per heavy atom. The number of allylic oxidation sites excluding steroid dienone is 13. The molecular weight excluding hydrogens is 396 g/mol. The minimum Gasteiger partial charge on any atom is -0.0958 e. The van der Waals surface area contributed by atoms with Crippen LogP contribution in [0.5, 0.6) is 0 Å². The van der Waals surface area contributed by atoms with Crippen molar-refractivity contribution in [2.24, 2.45) is 0 Å². The average Bonchev–Trinajstić information content (AvgIpc) is 3.60. The van der Waals surface area contributed by atoms with Crippen LogP contribution in [0.3, 0.4) is 0 Å². The molecule has 0 bridgehead atoms. The molecule has 1 atom stereocenters. The number of hydrogen-bond donors (Lipinski definition) is 0. The zero-order valence-corrected chi connectivity index (χ0v) is 19.6. The van der Waals surface area contributed by atoms with Crippen LogP contribution in [0.15, 0.2) is 137 Å². The minimum atomic E-state index is 0.356. The van der Waals surface area contributed by atoms with Crippen molar-refractivity contribution in [2.45, 2.75) is 44.9 Å². The lowest BCUT2D eigenvalue weighted by Gasteiger charge is -2.22. The molecule has 0 amide bonds. The van der Waals surface area contributed by atoms with Crippen molar-refractivity contribution in [1.29, 1.82) is 0 Å². The second kappa shape index (κ2) is 9.63. The summed E-state index contributed by atoms with van der Waals surface area (Å²) in [5.74, 6) is 0.356. The molecular formula is C33H32. The van der Waals surface area contributed by atoms with E-state index in [0.717, 1.165) is 32.1 Å². The molecule has 0 spiro atoms. The minimum absolute atomic E-state index is 0.356. The van der Waals surface area contributed by atoms with E-state index in [1.165, 1.54) is 50.1 Å². The van der Waals surface area contributed by atoms with Crippen LogP contribution in [0, 0.1) is 0 Å². The molecule has 0 radical (unpaired) electrons. The molecule has 0 saturated heterocycles. The Bertz CT molecular complexity index is 1220. The molecule has 3 aliphatic rings. The van der Waals surface area contributed by atoms with Crippen molar-refractivity contribution < 1.29 is 0 Å². The second-order valence-corrected chi connectivity index (χ2v) is 9.50. The molecule has 33 heavy (non-hydrogen) atoms. The first kappa shape index (κ1) is 21.5. The standard InChI is InChI=1S/C33H32/c1-24(2)30-19-16-27(22-30)23-31-20-21-32(28-10-6-7-11-28)33(31)29-17-14-26(15-18-29)13-12-25-8-4-3-5-9-25/h3-10,14-21,33H,1,11-13,22-23H2,2H3. The molecule has 5 rings (SSSR count). The van der Waals surface area contributed by atoms with Crippen LogP contribution in [-0.2, 0) is 12.8 Å². The maximum absolute atomic E-state index is 4.13. The summed E-state index contributed by atoms with van der Waals surface area (Å²) in [5.41, 5.74) is 12.7.